The number of carboxylic acids is 1. The fraction of sp³-hybridized carbons (Fsp3) is 0.462. The van der Waals surface area contributed by atoms with E-state index in [1.54, 1.807) is 23.2 Å². The van der Waals surface area contributed by atoms with E-state index in [2.05, 4.69) is 11.1 Å². The largest absolute Gasteiger partial charge is 0.481 e. The third kappa shape index (κ3) is 6.56. The fourth-order valence-electron chi connectivity index (χ4n) is 4.79. The molecule has 1 N–H and O–H groups in total. The topological polar surface area (TPSA) is 96.8 Å². The predicted octanol–water partition coefficient (Wildman–Crippen LogP) is 4.62. The van der Waals surface area contributed by atoms with Crippen LogP contribution in [-0.4, -0.2) is 45.5 Å². The standard InChI is InChI=1S/C26H29ClN2O5/c27-21-5-6-22(28-15-21)14-23(30)12-18-1-4-20-16-29(10-9-19(20)11-18)26(33)34-24-7-2-17(3-8-24)13-25(31)32/h1,4-6,11,15,17,24H,2-3,7-10,12-14,16H2,(H,31,32). The summed E-state index contributed by atoms with van der Waals surface area (Å²) < 4.78 is 5.72. The van der Waals surface area contributed by atoms with Crippen LogP contribution in [0.2, 0.25) is 5.02 Å². The van der Waals surface area contributed by atoms with Gasteiger partial charge in [-0.25, -0.2) is 4.79 Å². The molecule has 0 spiro atoms. The van der Waals surface area contributed by atoms with Crippen LogP contribution in [0.4, 0.5) is 4.79 Å². The first-order valence-electron chi connectivity index (χ1n) is 11.8. The van der Waals surface area contributed by atoms with E-state index in [-0.39, 0.29) is 36.7 Å². The summed E-state index contributed by atoms with van der Waals surface area (Å²) in [6.45, 7) is 1.07. The first kappa shape index (κ1) is 24.2. The van der Waals surface area contributed by atoms with Gasteiger partial charge in [-0.05, 0) is 66.8 Å². The Balaban J connectivity index is 1.27. The number of nitrogens with zero attached hydrogens (tertiary/aromatic N) is 2. The number of amides is 1. The number of rotatable bonds is 7. The van der Waals surface area contributed by atoms with E-state index in [0.29, 0.717) is 30.2 Å². The van der Waals surface area contributed by atoms with Crippen LogP contribution in [-0.2, 0) is 40.1 Å². The number of carbonyl (C=O) groups excluding carboxylic acids is 2. The molecule has 1 saturated carbocycles. The van der Waals surface area contributed by atoms with E-state index in [9.17, 15) is 14.4 Å². The summed E-state index contributed by atoms with van der Waals surface area (Å²) >= 11 is 5.85. The Bertz CT molecular complexity index is 1050. The van der Waals surface area contributed by atoms with Crippen molar-refractivity contribution in [3.8, 4) is 0 Å². The fourth-order valence-corrected chi connectivity index (χ4v) is 4.91. The third-order valence-corrected chi connectivity index (χ3v) is 6.86. The van der Waals surface area contributed by atoms with Crippen LogP contribution in [0.3, 0.4) is 0 Å². The van der Waals surface area contributed by atoms with E-state index in [1.165, 1.54) is 0 Å². The molecule has 7 nitrogen and oxygen atoms in total. The van der Waals surface area contributed by atoms with Crippen LogP contribution < -0.4 is 0 Å². The minimum atomic E-state index is -0.765. The molecular weight excluding hydrogens is 456 g/mol. The maximum absolute atomic E-state index is 12.7. The van der Waals surface area contributed by atoms with E-state index in [4.69, 9.17) is 21.4 Å². The first-order valence-corrected chi connectivity index (χ1v) is 12.1. The summed E-state index contributed by atoms with van der Waals surface area (Å²) in [7, 11) is 0. The lowest BCUT2D eigenvalue weighted by Crippen LogP contribution is -2.39. The Morgan fingerprint density at radius 2 is 1.85 bits per heavy atom. The summed E-state index contributed by atoms with van der Waals surface area (Å²) in [6.07, 6.45) is 5.62. The molecule has 1 aromatic heterocycles. The summed E-state index contributed by atoms with van der Waals surface area (Å²) in [4.78, 5) is 41.9. The molecule has 8 heteroatoms. The summed E-state index contributed by atoms with van der Waals surface area (Å²) in [5.74, 6) is -0.495. The zero-order chi connectivity index (χ0) is 24.1. The number of benzene rings is 1. The molecule has 0 saturated heterocycles. The molecule has 34 heavy (non-hydrogen) atoms. The molecule has 2 heterocycles. The van der Waals surface area contributed by atoms with Crippen molar-refractivity contribution in [1.82, 2.24) is 9.88 Å². The van der Waals surface area contributed by atoms with E-state index in [0.717, 1.165) is 48.8 Å². The Morgan fingerprint density at radius 1 is 1.06 bits per heavy atom. The highest BCUT2D eigenvalue weighted by atomic mass is 35.5. The first-order chi connectivity index (χ1) is 16.4. The molecule has 1 fully saturated rings. The quantitative estimate of drug-likeness (QED) is 0.616. The zero-order valence-electron chi connectivity index (χ0n) is 19.0. The van der Waals surface area contributed by atoms with Gasteiger partial charge in [0.05, 0.1) is 5.02 Å². The average Bonchev–Trinajstić information content (AvgIpc) is 2.81. The monoisotopic (exact) mass is 484 g/mol. The summed E-state index contributed by atoms with van der Waals surface area (Å²) in [6, 6.07) is 9.51. The molecule has 2 aliphatic rings. The molecule has 2 aromatic rings. The second kappa shape index (κ2) is 11.0. The van der Waals surface area contributed by atoms with Crippen molar-refractivity contribution in [2.75, 3.05) is 6.54 Å². The molecule has 1 aliphatic carbocycles. The molecule has 0 bridgehead atoms. The maximum Gasteiger partial charge on any atom is 0.410 e. The number of Topliss-reactive ketones (excluding diaryl/α,β-unsaturated/α-hetero) is 1. The van der Waals surface area contributed by atoms with Crippen molar-refractivity contribution >= 4 is 29.4 Å². The molecular formula is C26H29ClN2O5. The highest BCUT2D eigenvalue weighted by molar-refractivity contribution is 6.30. The Labute approximate surface area is 204 Å². The lowest BCUT2D eigenvalue weighted by atomic mass is 9.85. The van der Waals surface area contributed by atoms with Crippen LogP contribution in [0.5, 0.6) is 0 Å². The number of hydrogen-bond donors (Lipinski definition) is 1. The molecule has 4 rings (SSSR count). The third-order valence-electron chi connectivity index (χ3n) is 6.63. The number of pyridine rings is 1. The van der Waals surface area contributed by atoms with Crippen LogP contribution in [0, 0.1) is 5.92 Å². The number of aromatic nitrogens is 1. The Morgan fingerprint density at radius 3 is 2.56 bits per heavy atom. The Hall–Kier alpha value is -2.93. The second-order valence-electron chi connectivity index (χ2n) is 9.26. The van der Waals surface area contributed by atoms with Crippen molar-refractivity contribution in [1.29, 1.82) is 0 Å². The normalized spacial score (nSPS) is 19.9. The number of ketones is 1. The van der Waals surface area contributed by atoms with Crippen molar-refractivity contribution in [2.24, 2.45) is 5.92 Å². The van der Waals surface area contributed by atoms with Crippen LogP contribution in [0.1, 0.15) is 54.5 Å². The Kier molecular flexibility index (Phi) is 7.83. The van der Waals surface area contributed by atoms with E-state index < -0.39 is 5.97 Å². The molecule has 0 atom stereocenters. The number of fused-ring (bicyclic) bond motifs is 1. The van der Waals surface area contributed by atoms with Gasteiger partial charge in [-0.2, -0.15) is 0 Å². The molecule has 1 aliphatic heterocycles. The number of carboxylic acid groups (broad SMARTS) is 1. The van der Waals surface area contributed by atoms with Crippen molar-refractivity contribution in [3.05, 3.63) is 63.9 Å². The van der Waals surface area contributed by atoms with Gasteiger partial charge in [-0.3, -0.25) is 14.6 Å². The smallest absolute Gasteiger partial charge is 0.410 e. The van der Waals surface area contributed by atoms with E-state index in [1.807, 2.05) is 12.1 Å². The van der Waals surface area contributed by atoms with Gasteiger partial charge in [0.1, 0.15) is 11.9 Å². The maximum atomic E-state index is 12.7. The molecule has 180 valence electrons. The summed E-state index contributed by atoms with van der Waals surface area (Å²) in [5, 5.41) is 9.49. The van der Waals surface area contributed by atoms with Gasteiger partial charge in [0.15, 0.2) is 0 Å². The minimum absolute atomic E-state index is 0.0915. The van der Waals surface area contributed by atoms with Gasteiger partial charge in [0.25, 0.3) is 0 Å². The lowest BCUT2D eigenvalue weighted by molar-refractivity contribution is -0.138. The number of carbonyl (C=O) groups is 3. The van der Waals surface area contributed by atoms with Crippen molar-refractivity contribution in [2.45, 2.75) is 64.0 Å². The van der Waals surface area contributed by atoms with E-state index >= 15 is 0 Å². The molecule has 1 aromatic carbocycles. The highest BCUT2D eigenvalue weighted by Crippen LogP contribution is 2.29. The van der Waals surface area contributed by atoms with Crippen molar-refractivity contribution in [3.63, 3.8) is 0 Å². The van der Waals surface area contributed by atoms with Gasteiger partial charge in [0, 0.05) is 44.2 Å². The number of hydrogen-bond acceptors (Lipinski definition) is 5. The number of aliphatic carboxylic acids is 1. The van der Waals surface area contributed by atoms with Gasteiger partial charge in [-0.15, -0.1) is 0 Å². The van der Waals surface area contributed by atoms with Crippen LogP contribution in [0.15, 0.2) is 36.5 Å². The van der Waals surface area contributed by atoms with Gasteiger partial charge in [0.2, 0.25) is 0 Å². The molecule has 1 amide bonds. The summed E-state index contributed by atoms with van der Waals surface area (Å²) in [5.41, 5.74) is 3.90. The molecule has 0 radical (unpaired) electrons. The van der Waals surface area contributed by atoms with Gasteiger partial charge in [-0.1, -0.05) is 29.8 Å². The highest BCUT2D eigenvalue weighted by Gasteiger charge is 2.28. The lowest BCUT2D eigenvalue weighted by Gasteiger charge is -2.32. The van der Waals surface area contributed by atoms with Crippen molar-refractivity contribution < 1.29 is 24.2 Å². The predicted molar refractivity (Wildman–Crippen MR) is 127 cm³/mol. The zero-order valence-corrected chi connectivity index (χ0v) is 19.8. The average molecular weight is 485 g/mol. The SMILES string of the molecule is O=C(O)CC1CCC(OC(=O)N2CCc3cc(CC(=O)Cc4ccc(Cl)cn4)ccc3C2)CC1. The van der Waals surface area contributed by atoms with Crippen LogP contribution >= 0.6 is 11.6 Å². The van der Waals surface area contributed by atoms with Crippen LogP contribution in [0.25, 0.3) is 0 Å². The van der Waals surface area contributed by atoms with Gasteiger partial charge < -0.3 is 14.7 Å². The van der Waals surface area contributed by atoms with Gasteiger partial charge >= 0.3 is 12.1 Å². The minimum Gasteiger partial charge on any atom is -0.481 e. The number of ether oxygens (including phenoxy) is 1. The number of halogens is 1. The molecule has 0 unspecified atom stereocenters. The second-order valence-corrected chi connectivity index (χ2v) is 9.70.